The Labute approximate surface area is 147 Å². The van der Waals surface area contributed by atoms with Gasteiger partial charge < -0.3 is 15.2 Å². The molecule has 3 aromatic rings. The largest absolute Gasteiger partial charge is 0.493 e. The van der Waals surface area contributed by atoms with Crippen molar-refractivity contribution >= 4 is 5.69 Å². The number of nitrogens with two attached hydrogens (primary N) is 1. The van der Waals surface area contributed by atoms with Crippen molar-refractivity contribution in [1.82, 2.24) is 10.2 Å². The third kappa shape index (κ3) is 4.53. The first-order valence-corrected chi connectivity index (χ1v) is 8.51. The molecule has 0 aliphatic heterocycles. The lowest BCUT2D eigenvalue weighted by Gasteiger charge is -2.09. The van der Waals surface area contributed by atoms with Crippen LogP contribution < -0.4 is 15.2 Å². The molecule has 3 N–H and O–H groups in total. The number of nitrogen functional groups attached to an aromatic ring is 1. The number of anilines is 1. The van der Waals surface area contributed by atoms with Crippen molar-refractivity contribution in [3.63, 3.8) is 0 Å². The summed E-state index contributed by atoms with van der Waals surface area (Å²) in [6, 6.07) is 17.3. The first-order chi connectivity index (χ1) is 12.3. The summed E-state index contributed by atoms with van der Waals surface area (Å²) in [5.74, 6) is 1.59. The number of aromatic amines is 1. The number of aromatic nitrogens is 2. The summed E-state index contributed by atoms with van der Waals surface area (Å²) in [5, 5.41) is 7.42. The molecule has 0 aliphatic rings. The molecule has 5 heteroatoms. The number of nitrogens with zero attached hydrogens (tertiary/aromatic N) is 1. The van der Waals surface area contributed by atoms with E-state index in [9.17, 15) is 0 Å². The Kier molecular flexibility index (Phi) is 5.57. The second-order valence-corrected chi connectivity index (χ2v) is 5.84. The zero-order valence-corrected chi connectivity index (χ0v) is 14.4. The van der Waals surface area contributed by atoms with E-state index in [-0.39, 0.29) is 0 Å². The smallest absolute Gasteiger partial charge is 0.130 e. The van der Waals surface area contributed by atoms with Gasteiger partial charge in [-0.2, -0.15) is 5.10 Å². The molecule has 2 aromatic carbocycles. The second-order valence-electron chi connectivity index (χ2n) is 5.84. The van der Waals surface area contributed by atoms with Crippen LogP contribution in [0.4, 0.5) is 5.69 Å². The fraction of sp³-hybridized carbons (Fsp3) is 0.250. The van der Waals surface area contributed by atoms with E-state index in [1.807, 2.05) is 48.5 Å². The number of benzene rings is 2. The zero-order valence-electron chi connectivity index (χ0n) is 14.4. The highest BCUT2D eigenvalue weighted by atomic mass is 16.5. The highest BCUT2D eigenvalue weighted by Gasteiger charge is 2.10. The Morgan fingerprint density at radius 3 is 2.76 bits per heavy atom. The van der Waals surface area contributed by atoms with Gasteiger partial charge in [-0.15, -0.1) is 0 Å². The number of ether oxygens (including phenoxy) is 2. The van der Waals surface area contributed by atoms with Crippen LogP contribution in [0.1, 0.15) is 25.5 Å². The predicted octanol–water partition coefficient (Wildman–Crippen LogP) is 4.42. The van der Waals surface area contributed by atoms with Crippen LogP contribution in [-0.2, 0) is 6.61 Å². The Hall–Kier alpha value is -2.95. The van der Waals surface area contributed by atoms with Gasteiger partial charge in [-0.3, -0.25) is 5.10 Å². The maximum absolute atomic E-state index is 5.88. The van der Waals surface area contributed by atoms with Gasteiger partial charge in [-0.25, -0.2) is 0 Å². The third-order valence-electron chi connectivity index (χ3n) is 3.80. The van der Waals surface area contributed by atoms with Gasteiger partial charge in [-0.1, -0.05) is 31.5 Å². The topological polar surface area (TPSA) is 73.2 Å². The van der Waals surface area contributed by atoms with E-state index in [0.29, 0.717) is 18.9 Å². The van der Waals surface area contributed by atoms with Crippen LogP contribution in [0.2, 0.25) is 0 Å². The summed E-state index contributed by atoms with van der Waals surface area (Å²) < 4.78 is 11.6. The van der Waals surface area contributed by atoms with Crippen LogP contribution in [0.15, 0.2) is 54.6 Å². The molecule has 0 spiro atoms. The van der Waals surface area contributed by atoms with Gasteiger partial charge in [0.25, 0.3) is 0 Å². The molecule has 130 valence electrons. The van der Waals surface area contributed by atoms with Crippen LogP contribution in [0, 0.1) is 0 Å². The molecule has 0 radical (unpaired) electrons. The maximum Gasteiger partial charge on any atom is 0.130 e. The van der Waals surface area contributed by atoms with E-state index in [1.54, 1.807) is 6.07 Å². The summed E-state index contributed by atoms with van der Waals surface area (Å²) in [6.07, 6.45) is 2.14. The molecule has 0 saturated carbocycles. The molecular weight excluding hydrogens is 314 g/mol. The summed E-state index contributed by atoms with van der Waals surface area (Å²) in [4.78, 5) is 0. The van der Waals surface area contributed by atoms with Crippen LogP contribution in [0.25, 0.3) is 11.3 Å². The Morgan fingerprint density at radius 1 is 1.04 bits per heavy atom. The maximum atomic E-state index is 5.88. The highest BCUT2D eigenvalue weighted by Crippen LogP contribution is 2.29. The fourth-order valence-corrected chi connectivity index (χ4v) is 2.47. The van der Waals surface area contributed by atoms with Crippen molar-refractivity contribution in [3.05, 3.63) is 60.3 Å². The summed E-state index contributed by atoms with van der Waals surface area (Å²) in [7, 11) is 0. The number of para-hydroxylation sites is 1. The Bertz CT molecular complexity index is 814. The second kappa shape index (κ2) is 8.24. The first-order valence-electron chi connectivity index (χ1n) is 8.51. The third-order valence-corrected chi connectivity index (χ3v) is 3.80. The molecule has 0 amide bonds. The molecule has 5 nitrogen and oxygen atoms in total. The van der Waals surface area contributed by atoms with Crippen molar-refractivity contribution in [2.24, 2.45) is 0 Å². The molecule has 25 heavy (non-hydrogen) atoms. The lowest BCUT2D eigenvalue weighted by atomic mass is 10.1. The summed E-state index contributed by atoms with van der Waals surface area (Å²) in [5.41, 5.74) is 9.15. The summed E-state index contributed by atoms with van der Waals surface area (Å²) >= 11 is 0. The van der Waals surface area contributed by atoms with E-state index >= 15 is 0 Å². The standard InChI is InChI=1S/C20H23N3O2/c1-2-3-11-24-20-10-5-4-9-18(20)19-13-16(22-23-19)14-25-17-8-6-7-15(21)12-17/h4-10,12-13H,2-3,11,14,21H2,1H3,(H,22,23). The average Bonchev–Trinajstić information content (AvgIpc) is 3.10. The van der Waals surface area contributed by atoms with Gasteiger partial charge >= 0.3 is 0 Å². The van der Waals surface area contributed by atoms with E-state index in [4.69, 9.17) is 15.2 Å². The molecule has 3 rings (SSSR count). The van der Waals surface area contributed by atoms with Crippen molar-refractivity contribution in [1.29, 1.82) is 0 Å². The zero-order chi connectivity index (χ0) is 17.5. The van der Waals surface area contributed by atoms with E-state index < -0.39 is 0 Å². The minimum absolute atomic E-state index is 0.398. The molecule has 0 saturated heterocycles. The predicted molar refractivity (Wildman–Crippen MR) is 99.6 cm³/mol. The fourth-order valence-electron chi connectivity index (χ4n) is 2.47. The van der Waals surface area contributed by atoms with Crippen molar-refractivity contribution in [2.45, 2.75) is 26.4 Å². The van der Waals surface area contributed by atoms with Crippen molar-refractivity contribution < 1.29 is 9.47 Å². The average molecular weight is 337 g/mol. The van der Waals surface area contributed by atoms with Crippen molar-refractivity contribution in [2.75, 3.05) is 12.3 Å². The van der Waals surface area contributed by atoms with E-state index in [0.717, 1.165) is 41.3 Å². The number of H-pyrrole nitrogens is 1. The van der Waals surface area contributed by atoms with Gasteiger partial charge in [0.1, 0.15) is 18.1 Å². The molecular formula is C20H23N3O2. The monoisotopic (exact) mass is 337 g/mol. The van der Waals surface area contributed by atoms with Crippen LogP contribution in [0.3, 0.4) is 0 Å². The normalized spacial score (nSPS) is 10.6. The summed E-state index contributed by atoms with van der Waals surface area (Å²) in [6.45, 7) is 3.26. The molecule has 0 unspecified atom stereocenters. The highest BCUT2D eigenvalue weighted by molar-refractivity contribution is 5.67. The lowest BCUT2D eigenvalue weighted by molar-refractivity contribution is 0.301. The minimum Gasteiger partial charge on any atom is -0.493 e. The molecule has 0 fully saturated rings. The van der Waals surface area contributed by atoms with Gasteiger partial charge in [0.15, 0.2) is 0 Å². The van der Waals surface area contributed by atoms with E-state index in [1.165, 1.54) is 0 Å². The number of nitrogens with one attached hydrogen (secondary N) is 1. The molecule has 1 heterocycles. The van der Waals surface area contributed by atoms with Crippen LogP contribution in [-0.4, -0.2) is 16.8 Å². The van der Waals surface area contributed by atoms with Crippen LogP contribution >= 0.6 is 0 Å². The molecule has 0 atom stereocenters. The van der Waals surface area contributed by atoms with Gasteiger partial charge in [-0.05, 0) is 36.8 Å². The Morgan fingerprint density at radius 2 is 1.92 bits per heavy atom. The quantitative estimate of drug-likeness (QED) is 0.471. The molecule has 0 aliphatic carbocycles. The number of hydrogen-bond acceptors (Lipinski definition) is 4. The van der Waals surface area contributed by atoms with Crippen molar-refractivity contribution in [3.8, 4) is 22.8 Å². The SMILES string of the molecule is CCCCOc1ccccc1-c1cc(COc2cccc(N)c2)[nH]n1. The van der Waals surface area contributed by atoms with Gasteiger partial charge in [0.2, 0.25) is 0 Å². The van der Waals surface area contributed by atoms with Gasteiger partial charge in [0, 0.05) is 17.3 Å². The molecule has 1 aromatic heterocycles. The number of unbranched alkanes of at least 4 members (excludes halogenated alkanes) is 1. The van der Waals surface area contributed by atoms with Crippen LogP contribution in [0.5, 0.6) is 11.5 Å². The van der Waals surface area contributed by atoms with Gasteiger partial charge in [0.05, 0.1) is 18.0 Å². The first kappa shape index (κ1) is 16.9. The number of hydrogen-bond donors (Lipinski definition) is 2. The van der Waals surface area contributed by atoms with E-state index in [2.05, 4.69) is 17.1 Å². The number of rotatable bonds is 8. The lowest BCUT2D eigenvalue weighted by Crippen LogP contribution is -1.98. The molecule has 0 bridgehead atoms. The minimum atomic E-state index is 0.398. The Balaban J connectivity index is 1.69.